The number of nitrogens with zero attached hydrogens (tertiary/aromatic N) is 2. The quantitative estimate of drug-likeness (QED) is 0.792. The van der Waals surface area contributed by atoms with Gasteiger partial charge in [0.2, 0.25) is 0 Å². The summed E-state index contributed by atoms with van der Waals surface area (Å²) in [6.45, 7) is 1.84. The molecule has 1 atom stereocenters. The van der Waals surface area contributed by atoms with Crippen LogP contribution in [0.2, 0.25) is 0 Å². The lowest BCUT2D eigenvalue weighted by molar-refractivity contribution is 0.0917. The Hall–Kier alpha value is -2.86. The minimum Gasteiger partial charge on any atom is -0.349 e. The molecule has 1 unspecified atom stereocenters. The van der Waals surface area contributed by atoms with Crippen LogP contribution in [0.25, 0.3) is 0 Å². The van der Waals surface area contributed by atoms with Crippen LogP contribution in [0.1, 0.15) is 34.8 Å². The number of likely N-dealkylation sites (N-methyl/N-ethyl adjacent to an activating group) is 1. The van der Waals surface area contributed by atoms with Gasteiger partial charge in [0.25, 0.3) is 5.91 Å². The maximum Gasteiger partial charge on any atom is 0.317 e. The summed E-state index contributed by atoms with van der Waals surface area (Å²) in [5, 5.41) is 6.15. The van der Waals surface area contributed by atoms with Crippen LogP contribution in [0.3, 0.4) is 0 Å². The molecule has 1 fully saturated rings. The lowest BCUT2D eigenvalue weighted by Crippen LogP contribution is -2.50. The fraction of sp³-hybridized carbons (Fsp3) is 0.391. The molecule has 154 valence electrons. The Kier molecular flexibility index (Phi) is 7.25. The van der Waals surface area contributed by atoms with Crippen molar-refractivity contribution in [3.05, 3.63) is 71.8 Å². The van der Waals surface area contributed by atoms with E-state index in [1.807, 2.05) is 67.5 Å². The van der Waals surface area contributed by atoms with Gasteiger partial charge in [-0.2, -0.15) is 0 Å². The minimum atomic E-state index is -0.0508. The molecule has 1 saturated heterocycles. The number of amides is 3. The number of hydrogen-bond acceptors (Lipinski definition) is 3. The molecular weight excluding hydrogens is 364 g/mol. The van der Waals surface area contributed by atoms with Crippen molar-refractivity contribution in [3.63, 3.8) is 0 Å². The van der Waals surface area contributed by atoms with Crippen LogP contribution in [0, 0.1) is 0 Å². The second-order valence-corrected chi connectivity index (χ2v) is 7.68. The van der Waals surface area contributed by atoms with Gasteiger partial charge in [0, 0.05) is 31.2 Å². The molecule has 0 saturated carbocycles. The van der Waals surface area contributed by atoms with Crippen molar-refractivity contribution in [2.45, 2.75) is 24.9 Å². The number of carbonyl (C=O) groups excluding carboxylic acids is 2. The van der Waals surface area contributed by atoms with Gasteiger partial charge >= 0.3 is 6.03 Å². The number of rotatable bonds is 6. The van der Waals surface area contributed by atoms with Crippen molar-refractivity contribution in [2.75, 3.05) is 33.7 Å². The summed E-state index contributed by atoms with van der Waals surface area (Å²) >= 11 is 0. The fourth-order valence-electron chi connectivity index (χ4n) is 3.65. The van der Waals surface area contributed by atoms with Crippen molar-refractivity contribution in [3.8, 4) is 0 Å². The van der Waals surface area contributed by atoms with E-state index in [0.717, 1.165) is 12.8 Å². The van der Waals surface area contributed by atoms with Crippen molar-refractivity contribution in [1.29, 1.82) is 0 Å². The van der Waals surface area contributed by atoms with Crippen molar-refractivity contribution >= 4 is 11.9 Å². The molecule has 3 rings (SSSR count). The van der Waals surface area contributed by atoms with Gasteiger partial charge < -0.3 is 20.4 Å². The van der Waals surface area contributed by atoms with Gasteiger partial charge in [-0.3, -0.25) is 4.79 Å². The zero-order chi connectivity index (χ0) is 20.6. The smallest absolute Gasteiger partial charge is 0.317 e. The fourth-order valence-corrected chi connectivity index (χ4v) is 3.65. The first-order valence-corrected chi connectivity index (χ1v) is 10.1. The molecule has 3 amide bonds. The van der Waals surface area contributed by atoms with Crippen LogP contribution in [-0.4, -0.2) is 61.5 Å². The molecule has 2 aromatic rings. The van der Waals surface area contributed by atoms with Gasteiger partial charge in [-0.1, -0.05) is 48.5 Å². The molecule has 0 spiro atoms. The maximum absolute atomic E-state index is 12.6. The van der Waals surface area contributed by atoms with Crippen LogP contribution >= 0.6 is 0 Å². The SMILES string of the molecule is CN(C)C(CNC(=O)N1CCC(NC(=O)c2ccccc2)CC1)c1ccccc1. The first kappa shape index (κ1) is 20.9. The highest BCUT2D eigenvalue weighted by molar-refractivity contribution is 5.94. The molecule has 1 aliphatic heterocycles. The van der Waals surface area contributed by atoms with Crippen LogP contribution in [-0.2, 0) is 0 Å². The summed E-state index contributed by atoms with van der Waals surface area (Å²) in [6, 6.07) is 19.6. The van der Waals surface area contributed by atoms with Crippen molar-refractivity contribution in [1.82, 2.24) is 20.4 Å². The van der Waals surface area contributed by atoms with E-state index in [1.54, 1.807) is 0 Å². The number of carbonyl (C=O) groups is 2. The van der Waals surface area contributed by atoms with Crippen molar-refractivity contribution in [2.24, 2.45) is 0 Å². The average Bonchev–Trinajstić information content (AvgIpc) is 2.75. The molecule has 0 aromatic heterocycles. The van der Waals surface area contributed by atoms with E-state index in [1.165, 1.54) is 5.56 Å². The van der Waals surface area contributed by atoms with E-state index in [2.05, 4.69) is 27.7 Å². The minimum absolute atomic E-state index is 0.0411. The highest BCUT2D eigenvalue weighted by Gasteiger charge is 2.25. The zero-order valence-electron chi connectivity index (χ0n) is 17.2. The summed E-state index contributed by atoms with van der Waals surface area (Å²) in [6.07, 6.45) is 1.53. The topological polar surface area (TPSA) is 64.7 Å². The van der Waals surface area contributed by atoms with Crippen LogP contribution in [0.15, 0.2) is 60.7 Å². The molecule has 1 heterocycles. The molecule has 0 aliphatic carbocycles. The van der Waals surface area contributed by atoms with Gasteiger partial charge in [-0.05, 0) is 44.6 Å². The number of hydrogen-bond donors (Lipinski definition) is 2. The van der Waals surface area contributed by atoms with Gasteiger partial charge in [-0.15, -0.1) is 0 Å². The number of likely N-dealkylation sites (tertiary alicyclic amines) is 1. The van der Waals surface area contributed by atoms with E-state index >= 15 is 0 Å². The summed E-state index contributed by atoms with van der Waals surface area (Å²) in [5.74, 6) is -0.0508. The maximum atomic E-state index is 12.6. The highest BCUT2D eigenvalue weighted by Crippen LogP contribution is 2.17. The third-order valence-corrected chi connectivity index (χ3v) is 5.41. The Balaban J connectivity index is 1.45. The monoisotopic (exact) mass is 394 g/mol. The molecule has 0 radical (unpaired) electrons. The van der Waals surface area contributed by atoms with Crippen LogP contribution in [0.4, 0.5) is 4.79 Å². The van der Waals surface area contributed by atoms with E-state index in [9.17, 15) is 9.59 Å². The Labute approximate surface area is 172 Å². The molecule has 1 aliphatic rings. The number of nitrogens with one attached hydrogen (secondary N) is 2. The summed E-state index contributed by atoms with van der Waals surface area (Å²) in [7, 11) is 4.04. The largest absolute Gasteiger partial charge is 0.349 e. The second-order valence-electron chi connectivity index (χ2n) is 7.68. The van der Waals surface area contributed by atoms with E-state index in [-0.39, 0.29) is 24.0 Å². The first-order valence-electron chi connectivity index (χ1n) is 10.1. The third-order valence-electron chi connectivity index (χ3n) is 5.41. The molecular formula is C23H30N4O2. The first-order chi connectivity index (χ1) is 14.0. The summed E-state index contributed by atoms with van der Waals surface area (Å²) < 4.78 is 0. The van der Waals surface area contributed by atoms with Gasteiger partial charge in [0.05, 0.1) is 6.04 Å². The summed E-state index contributed by atoms with van der Waals surface area (Å²) in [4.78, 5) is 28.9. The Morgan fingerprint density at radius 2 is 1.59 bits per heavy atom. The van der Waals surface area contributed by atoms with E-state index in [4.69, 9.17) is 0 Å². The number of piperidine rings is 1. The molecule has 29 heavy (non-hydrogen) atoms. The molecule has 0 bridgehead atoms. The highest BCUT2D eigenvalue weighted by atomic mass is 16.2. The Morgan fingerprint density at radius 3 is 2.17 bits per heavy atom. The Morgan fingerprint density at radius 1 is 1.00 bits per heavy atom. The van der Waals surface area contributed by atoms with Gasteiger partial charge in [0.1, 0.15) is 0 Å². The zero-order valence-corrected chi connectivity index (χ0v) is 17.2. The van der Waals surface area contributed by atoms with Gasteiger partial charge in [0.15, 0.2) is 0 Å². The normalized spacial score (nSPS) is 15.8. The van der Waals surface area contributed by atoms with Crippen LogP contribution < -0.4 is 10.6 Å². The second kappa shape index (κ2) is 10.1. The average molecular weight is 395 g/mol. The van der Waals surface area contributed by atoms with Gasteiger partial charge in [-0.25, -0.2) is 4.79 Å². The predicted octanol–water partition coefficient (Wildman–Crippen LogP) is 2.89. The van der Waals surface area contributed by atoms with Crippen molar-refractivity contribution < 1.29 is 9.59 Å². The summed E-state index contributed by atoms with van der Waals surface area (Å²) in [5.41, 5.74) is 1.85. The predicted molar refractivity (Wildman–Crippen MR) is 115 cm³/mol. The lowest BCUT2D eigenvalue weighted by atomic mass is 10.0. The third kappa shape index (κ3) is 5.81. The standard InChI is InChI=1S/C23H30N4O2/c1-26(2)21(18-9-5-3-6-10-18)17-24-23(29)27-15-13-20(14-16-27)25-22(28)19-11-7-4-8-12-19/h3-12,20-21H,13-17H2,1-2H3,(H,24,29)(H,25,28). The molecule has 6 nitrogen and oxygen atoms in total. The molecule has 6 heteroatoms. The number of benzene rings is 2. The van der Waals surface area contributed by atoms with E-state index in [0.29, 0.717) is 25.2 Å². The van der Waals surface area contributed by atoms with Crippen LogP contribution in [0.5, 0.6) is 0 Å². The number of urea groups is 1. The Bertz CT molecular complexity index is 787. The van der Waals surface area contributed by atoms with E-state index < -0.39 is 0 Å². The molecule has 2 aromatic carbocycles. The lowest BCUT2D eigenvalue weighted by Gasteiger charge is -2.33. The molecule has 2 N–H and O–H groups in total.